The van der Waals surface area contributed by atoms with E-state index in [2.05, 4.69) is 20.3 Å². The number of aromatic amines is 1. The number of halogens is 1. The number of rotatable bonds is 6. The number of H-pyrrole nitrogens is 1. The third-order valence-corrected chi connectivity index (χ3v) is 4.91. The van der Waals surface area contributed by atoms with Gasteiger partial charge in [0.15, 0.2) is 0 Å². The van der Waals surface area contributed by atoms with Crippen molar-refractivity contribution in [2.75, 3.05) is 0 Å². The van der Waals surface area contributed by atoms with Gasteiger partial charge < -0.3 is 15.4 Å². The molecule has 2 aromatic heterocycles. The molecule has 2 aromatic carbocycles. The van der Waals surface area contributed by atoms with Gasteiger partial charge in [-0.05, 0) is 48.0 Å². The Morgan fingerprint density at radius 3 is 2.50 bits per heavy atom. The van der Waals surface area contributed by atoms with Crippen LogP contribution in [0.15, 0.2) is 67.0 Å². The molecule has 1 atom stereocenters. The van der Waals surface area contributed by atoms with Crippen LogP contribution in [0.4, 0.5) is 0 Å². The zero-order valence-corrected chi connectivity index (χ0v) is 16.4. The minimum absolute atomic E-state index is 0.150. The minimum Gasteiger partial charge on any atom is -0.480 e. The van der Waals surface area contributed by atoms with Gasteiger partial charge in [0.05, 0.1) is 11.0 Å². The predicted molar refractivity (Wildman–Crippen MR) is 113 cm³/mol. The van der Waals surface area contributed by atoms with Crippen molar-refractivity contribution < 1.29 is 14.7 Å². The fourth-order valence-corrected chi connectivity index (χ4v) is 3.22. The van der Waals surface area contributed by atoms with Crippen LogP contribution in [0.3, 0.4) is 0 Å². The van der Waals surface area contributed by atoms with Gasteiger partial charge in [-0.1, -0.05) is 23.7 Å². The van der Waals surface area contributed by atoms with Crippen molar-refractivity contribution in [3.63, 3.8) is 0 Å². The number of carbonyl (C=O) groups is 2. The molecule has 3 N–H and O–H groups in total. The summed E-state index contributed by atoms with van der Waals surface area (Å²) in [4.78, 5) is 36.0. The fraction of sp³-hybridized carbons (Fsp3) is 0.0909. The lowest BCUT2D eigenvalue weighted by Gasteiger charge is -2.15. The molecule has 4 aromatic rings. The number of imidazole rings is 1. The molecule has 0 saturated heterocycles. The first-order chi connectivity index (χ1) is 14.5. The number of fused-ring (bicyclic) bond motifs is 1. The number of hydrogen-bond acceptors (Lipinski definition) is 4. The number of hydrogen-bond donors (Lipinski definition) is 3. The number of nitrogens with zero attached hydrogens (tertiary/aromatic N) is 2. The van der Waals surface area contributed by atoms with Crippen LogP contribution in [0, 0.1) is 0 Å². The van der Waals surface area contributed by atoms with Crippen LogP contribution in [0.25, 0.3) is 22.4 Å². The minimum atomic E-state index is -1.11. The second-order valence-electron chi connectivity index (χ2n) is 6.75. The summed E-state index contributed by atoms with van der Waals surface area (Å²) in [5, 5.41) is 12.7. The number of amides is 1. The molecule has 0 fully saturated rings. The molecule has 0 radical (unpaired) electrons. The SMILES string of the molecule is O=C(NC(Cc1ccc(Cl)cc1)C(=O)O)c1ccc2nc(-c3ccncc3)[nH]c2c1. The van der Waals surface area contributed by atoms with Gasteiger partial charge >= 0.3 is 5.97 Å². The van der Waals surface area contributed by atoms with Crippen LogP contribution >= 0.6 is 11.6 Å². The summed E-state index contributed by atoms with van der Waals surface area (Å²) in [7, 11) is 0. The van der Waals surface area contributed by atoms with Crippen molar-refractivity contribution in [2.24, 2.45) is 0 Å². The maximum absolute atomic E-state index is 12.7. The first-order valence-electron chi connectivity index (χ1n) is 9.18. The molecule has 30 heavy (non-hydrogen) atoms. The summed E-state index contributed by atoms with van der Waals surface area (Å²) in [6, 6.07) is 14.4. The molecule has 0 saturated carbocycles. The molecule has 2 heterocycles. The van der Waals surface area contributed by atoms with E-state index in [9.17, 15) is 14.7 Å². The number of carboxylic acid groups (broad SMARTS) is 1. The van der Waals surface area contributed by atoms with Crippen LogP contribution in [-0.4, -0.2) is 38.0 Å². The van der Waals surface area contributed by atoms with E-state index >= 15 is 0 Å². The average molecular weight is 421 g/mol. The van der Waals surface area contributed by atoms with Crippen LogP contribution < -0.4 is 5.32 Å². The molecule has 0 spiro atoms. The highest BCUT2D eigenvalue weighted by Gasteiger charge is 2.21. The average Bonchev–Trinajstić information content (AvgIpc) is 3.18. The van der Waals surface area contributed by atoms with Crippen molar-refractivity contribution >= 4 is 34.5 Å². The molecule has 4 rings (SSSR count). The van der Waals surface area contributed by atoms with Crippen LogP contribution in [-0.2, 0) is 11.2 Å². The van der Waals surface area contributed by atoms with Gasteiger partial charge in [-0.25, -0.2) is 9.78 Å². The molecule has 0 aliphatic rings. The first-order valence-corrected chi connectivity index (χ1v) is 9.55. The van der Waals surface area contributed by atoms with Gasteiger partial charge in [-0.2, -0.15) is 0 Å². The van der Waals surface area contributed by atoms with Crippen LogP contribution in [0.2, 0.25) is 5.02 Å². The van der Waals surface area contributed by atoms with E-state index in [0.717, 1.165) is 11.1 Å². The largest absolute Gasteiger partial charge is 0.480 e. The Hall–Kier alpha value is -3.71. The summed E-state index contributed by atoms with van der Waals surface area (Å²) in [6.07, 6.45) is 3.50. The smallest absolute Gasteiger partial charge is 0.326 e. The summed E-state index contributed by atoms with van der Waals surface area (Å²) in [5.74, 6) is -0.921. The molecule has 1 amide bonds. The summed E-state index contributed by atoms with van der Waals surface area (Å²) in [5.41, 5.74) is 3.36. The number of aromatic nitrogens is 3. The Labute approximate surface area is 176 Å². The molecule has 7 nitrogen and oxygen atoms in total. The van der Waals surface area contributed by atoms with E-state index in [1.54, 1.807) is 54.9 Å². The van der Waals surface area contributed by atoms with Gasteiger partial charge in [-0.3, -0.25) is 9.78 Å². The van der Waals surface area contributed by atoms with Gasteiger partial charge in [0.25, 0.3) is 5.91 Å². The van der Waals surface area contributed by atoms with Gasteiger partial charge in [0, 0.05) is 35.0 Å². The number of aliphatic carboxylic acids is 1. The molecule has 0 aliphatic heterocycles. The monoisotopic (exact) mass is 420 g/mol. The van der Waals surface area contributed by atoms with Gasteiger partial charge in [-0.15, -0.1) is 0 Å². The quantitative estimate of drug-likeness (QED) is 0.440. The van der Waals surface area contributed by atoms with Gasteiger partial charge in [0.1, 0.15) is 11.9 Å². The number of carboxylic acids is 1. The fourth-order valence-electron chi connectivity index (χ4n) is 3.10. The highest BCUT2D eigenvalue weighted by Crippen LogP contribution is 2.21. The molecule has 0 bridgehead atoms. The molecular weight excluding hydrogens is 404 g/mol. The van der Waals surface area contributed by atoms with Crippen molar-refractivity contribution in [1.82, 2.24) is 20.3 Å². The molecular formula is C22H17ClN4O3. The summed E-state index contributed by atoms with van der Waals surface area (Å²) >= 11 is 5.87. The van der Waals surface area contributed by atoms with Crippen molar-refractivity contribution in [2.45, 2.75) is 12.5 Å². The Morgan fingerprint density at radius 2 is 1.80 bits per heavy atom. The molecule has 8 heteroatoms. The topological polar surface area (TPSA) is 108 Å². The molecule has 1 unspecified atom stereocenters. The van der Waals surface area contributed by atoms with E-state index in [0.29, 0.717) is 27.4 Å². The van der Waals surface area contributed by atoms with E-state index < -0.39 is 17.9 Å². The normalized spacial score (nSPS) is 11.9. The highest BCUT2D eigenvalue weighted by atomic mass is 35.5. The third kappa shape index (κ3) is 4.31. The second kappa shape index (κ2) is 8.34. The first kappa shape index (κ1) is 19.6. The number of nitrogens with one attached hydrogen (secondary N) is 2. The van der Waals surface area contributed by atoms with Crippen molar-refractivity contribution in [3.05, 3.63) is 83.1 Å². The standard InChI is InChI=1S/C22H17ClN4O3/c23-16-4-1-13(2-5-16)11-19(22(29)30)27-21(28)15-3-6-17-18(12-15)26-20(25-17)14-7-9-24-10-8-14/h1-10,12,19H,11H2,(H,25,26)(H,27,28)(H,29,30). The third-order valence-electron chi connectivity index (χ3n) is 4.65. The zero-order chi connectivity index (χ0) is 21.1. The lowest BCUT2D eigenvalue weighted by Crippen LogP contribution is -2.42. The van der Waals surface area contributed by atoms with Crippen LogP contribution in [0.5, 0.6) is 0 Å². The zero-order valence-electron chi connectivity index (χ0n) is 15.7. The predicted octanol–water partition coefficient (Wildman–Crippen LogP) is 3.70. The summed E-state index contributed by atoms with van der Waals surface area (Å²) in [6.45, 7) is 0. The number of pyridine rings is 1. The maximum Gasteiger partial charge on any atom is 0.326 e. The van der Waals surface area contributed by atoms with Crippen molar-refractivity contribution in [1.29, 1.82) is 0 Å². The van der Waals surface area contributed by atoms with E-state index in [4.69, 9.17) is 11.6 Å². The molecule has 0 aliphatic carbocycles. The van der Waals surface area contributed by atoms with E-state index in [-0.39, 0.29) is 6.42 Å². The maximum atomic E-state index is 12.7. The summed E-state index contributed by atoms with van der Waals surface area (Å²) < 4.78 is 0. The van der Waals surface area contributed by atoms with Crippen LogP contribution in [0.1, 0.15) is 15.9 Å². The van der Waals surface area contributed by atoms with Gasteiger partial charge in [0.2, 0.25) is 0 Å². The Kier molecular flexibility index (Phi) is 5.45. The Morgan fingerprint density at radius 1 is 1.07 bits per heavy atom. The molecule has 150 valence electrons. The van der Waals surface area contributed by atoms with E-state index in [1.807, 2.05) is 12.1 Å². The lowest BCUT2D eigenvalue weighted by atomic mass is 10.1. The highest BCUT2D eigenvalue weighted by molar-refractivity contribution is 6.30. The lowest BCUT2D eigenvalue weighted by molar-refractivity contribution is -0.139. The van der Waals surface area contributed by atoms with E-state index in [1.165, 1.54) is 0 Å². The Bertz CT molecular complexity index is 1210. The van der Waals surface area contributed by atoms with Crippen molar-refractivity contribution in [3.8, 4) is 11.4 Å². The Balaban J connectivity index is 1.54. The number of carbonyl (C=O) groups excluding carboxylic acids is 1. The number of benzene rings is 2. The second-order valence-corrected chi connectivity index (χ2v) is 7.18.